The van der Waals surface area contributed by atoms with Crippen molar-refractivity contribution in [1.82, 2.24) is 20.3 Å². The maximum atomic E-state index is 12.1. The van der Waals surface area contributed by atoms with E-state index in [4.69, 9.17) is 0 Å². The molecule has 1 aromatic heterocycles. The number of fused-ring (bicyclic) bond motifs is 1. The van der Waals surface area contributed by atoms with E-state index in [2.05, 4.69) is 15.6 Å². The number of amides is 1. The largest absolute Gasteiger partial charge is 0.352 e. The molecule has 0 radical (unpaired) electrons. The maximum absolute atomic E-state index is 12.1. The molecule has 3 rings (SSSR count). The Morgan fingerprint density at radius 2 is 1.73 bits per heavy atom. The molecule has 3 aromatic rings. The smallest absolute Gasteiger partial charge is 0.251 e. The van der Waals surface area contributed by atoms with Crippen molar-refractivity contribution in [3.8, 4) is 0 Å². The molecule has 0 saturated heterocycles. The second-order valence-corrected chi connectivity index (χ2v) is 4.76. The van der Waals surface area contributed by atoms with Crippen molar-refractivity contribution in [3.63, 3.8) is 0 Å². The van der Waals surface area contributed by atoms with Gasteiger partial charge in [-0.1, -0.05) is 35.5 Å². The van der Waals surface area contributed by atoms with Crippen LogP contribution >= 0.6 is 0 Å². The van der Waals surface area contributed by atoms with Crippen LogP contribution in [0, 0.1) is 0 Å². The van der Waals surface area contributed by atoms with Crippen molar-refractivity contribution in [2.45, 2.75) is 6.42 Å². The molecule has 22 heavy (non-hydrogen) atoms. The molecule has 0 aliphatic carbocycles. The number of hydrogen-bond donors (Lipinski definition) is 1. The predicted octanol–water partition coefficient (Wildman–Crippen LogP) is 1.89. The van der Waals surface area contributed by atoms with E-state index in [0.717, 1.165) is 0 Å². The Hall–Kier alpha value is -3.02. The Morgan fingerprint density at radius 3 is 2.55 bits per heavy atom. The van der Waals surface area contributed by atoms with Gasteiger partial charge in [-0.05, 0) is 24.3 Å². The van der Waals surface area contributed by atoms with Gasteiger partial charge in [-0.15, -0.1) is 5.10 Å². The first-order valence-corrected chi connectivity index (χ1v) is 6.92. The zero-order valence-electron chi connectivity index (χ0n) is 11.8. The summed E-state index contributed by atoms with van der Waals surface area (Å²) in [5.74, 6) is -0.404. The van der Waals surface area contributed by atoms with Crippen molar-refractivity contribution in [3.05, 3.63) is 60.2 Å². The van der Waals surface area contributed by atoms with Crippen molar-refractivity contribution in [2.24, 2.45) is 0 Å². The second kappa shape index (κ2) is 6.17. The fraction of sp³-hybridized carbons (Fsp3) is 0.125. The van der Waals surface area contributed by atoms with E-state index in [1.54, 1.807) is 36.4 Å². The molecule has 6 nitrogen and oxygen atoms in total. The molecule has 0 aliphatic heterocycles. The van der Waals surface area contributed by atoms with Crippen LogP contribution in [-0.4, -0.2) is 33.4 Å². The third-order valence-electron chi connectivity index (χ3n) is 3.25. The molecular weight excluding hydrogens is 280 g/mol. The monoisotopic (exact) mass is 294 g/mol. The normalized spacial score (nSPS) is 10.5. The number of rotatable bonds is 4. The Morgan fingerprint density at radius 1 is 1.00 bits per heavy atom. The van der Waals surface area contributed by atoms with E-state index in [-0.39, 0.29) is 24.8 Å². The summed E-state index contributed by atoms with van der Waals surface area (Å²) in [6.45, 7) is 0.251. The summed E-state index contributed by atoms with van der Waals surface area (Å²) in [7, 11) is 0. The fourth-order valence-electron chi connectivity index (χ4n) is 2.13. The maximum Gasteiger partial charge on any atom is 0.251 e. The zero-order chi connectivity index (χ0) is 15.4. The van der Waals surface area contributed by atoms with Crippen molar-refractivity contribution in [1.29, 1.82) is 0 Å². The summed E-state index contributed by atoms with van der Waals surface area (Å²) in [4.78, 5) is 24.0. The SMILES string of the molecule is O=C(NCCC(=O)n1nnc2ccccc21)c1ccccc1. The van der Waals surface area contributed by atoms with E-state index in [9.17, 15) is 9.59 Å². The average molecular weight is 294 g/mol. The van der Waals surface area contributed by atoms with Crippen LogP contribution in [0.3, 0.4) is 0 Å². The first kappa shape index (κ1) is 13.9. The predicted molar refractivity (Wildman–Crippen MR) is 81.5 cm³/mol. The summed E-state index contributed by atoms with van der Waals surface area (Å²) in [5.41, 5.74) is 1.91. The minimum atomic E-state index is -0.206. The number of aromatic nitrogens is 3. The quantitative estimate of drug-likeness (QED) is 0.797. The summed E-state index contributed by atoms with van der Waals surface area (Å²) in [6, 6.07) is 16.1. The molecule has 6 heteroatoms. The van der Waals surface area contributed by atoms with Crippen molar-refractivity contribution < 1.29 is 9.59 Å². The summed E-state index contributed by atoms with van der Waals surface area (Å²) in [5, 5.41) is 10.5. The number of nitrogens with zero attached hydrogens (tertiary/aromatic N) is 3. The lowest BCUT2D eigenvalue weighted by molar-refractivity contribution is 0.0882. The van der Waals surface area contributed by atoms with Gasteiger partial charge in [-0.3, -0.25) is 9.59 Å². The summed E-state index contributed by atoms with van der Waals surface area (Å²) in [6.07, 6.45) is 0.159. The molecule has 0 aliphatic rings. The molecule has 0 bridgehead atoms. The number of hydrogen-bond acceptors (Lipinski definition) is 4. The van der Waals surface area contributed by atoms with Crippen LogP contribution in [0.25, 0.3) is 11.0 Å². The van der Waals surface area contributed by atoms with Gasteiger partial charge >= 0.3 is 0 Å². The molecule has 0 saturated carbocycles. The number of para-hydroxylation sites is 1. The molecule has 0 unspecified atom stereocenters. The highest BCUT2D eigenvalue weighted by atomic mass is 16.2. The van der Waals surface area contributed by atoms with E-state index >= 15 is 0 Å². The number of nitrogens with one attached hydrogen (secondary N) is 1. The molecule has 0 atom stereocenters. The molecule has 110 valence electrons. The van der Waals surface area contributed by atoms with Gasteiger partial charge in [0.25, 0.3) is 11.8 Å². The van der Waals surface area contributed by atoms with Crippen LogP contribution in [-0.2, 0) is 0 Å². The Labute approximate surface area is 126 Å². The molecule has 1 N–H and O–H groups in total. The van der Waals surface area contributed by atoms with Crippen LogP contribution in [0.4, 0.5) is 0 Å². The van der Waals surface area contributed by atoms with Gasteiger partial charge in [0.2, 0.25) is 0 Å². The topological polar surface area (TPSA) is 76.9 Å². The van der Waals surface area contributed by atoms with E-state index in [1.165, 1.54) is 4.68 Å². The van der Waals surface area contributed by atoms with Crippen LogP contribution in [0.15, 0.2) is 54.6 Å². The van der Waals surface area contributed by atoms with E-state index in [1.807, 2.05) is 18.2 Å². The van der Waals surface area contributed by atoms with E-state index < -0.39 is 0 Å². The third kappa shape index (κ3) is 2.85. The number of carbonyl (C=O) groups is 2. The first-order valence-electron chi connectivity index (χ1n) is 6.92. The van der Waals surface area contributed by atoms with Crippen LogP contribution < -0.4 is 5.32 Å². The van der Waals surface area contributed by atoms with Crippen molar-refractivity contribution >= 4 is 22.8 Å². The standard InChI is InChI=1S/C16H14N4O2/c21-15(20-14-9-5-4-8-13(14)18-19-20)10-11-17-16(22)12-6-2-1-3-7-12/h1-9H,10-11H2,(H,17,22). The van der Waals surface area contributed by atoms with Gasteiger partial charge in [0.05, 0.1) is 5.52 Å². The molecule has 1 heterocycles. The van der Waals surface area contributed by atoms with Crippen LogP contribution in [0.5, 0.6) is 0 Å². The Bertz CT molecular complexity index is 811. The number of benzene rings is 2. The van der Waals surface area contributed by atoms with Gasteiger partial charge in [0.15, 0.2) is 0 Å². The first-order chi connectivity index (χ1) is 10.8. The van der Waals surface area contributed by atoms with Gasteiger partial charge in [-0.25, -0.2) is 0 Å². The Kier molecular flexibility index (Phi) is 3.91. The highest BCUT2D eigenvalue weighted by molar-refractivity contribution is 5.94. The minimum Gasteiger partial charge on any atom is -0.352 e. The average Bonchev–Trinajstić information content (AvgIpc) is 2.99. The number of carbonyl (C=O) groups excluding carboxylic acids is 2. The summed E-state index contributed by atoms with van der Waals surface area (Å²) < 4.78 is 1.27. The second-order valence-electron chi connectivity index (χ2n) is 4.76. The molecule has 0 fully saturated rings. The zero-order valence-corrected chi connectivity index (χ0v) is 11.8. The highest BCUT2D eigenvalue weighted by Gasteiger charge is 2.12. The third-order valence-corrected chi connectivity index (χ3v) is 3.25. The molecular formula is C16H14N4O2. The van der Waals surface area contributed by atoms with Gasteiger partial charge in [-0.2, -0.15) is 4.68 Å². The summed E-state index contributed by atoms with van der Waals surface area (Å²) >= 11 is 0. The highest BCUT2D eigenvalue weighted by Crippen LogP contribution is 2.09. The van der Waals surface area contributed by atoms with Gasteiger partial charge < -0.3 is 5.32 Å². The molecule has 2 aromatic carbocycles. The van der Waals surface area contributed by atoms with Crippen LogP contribution in [0.2, 0.25) is 0 Å². The lowest BCUT2D eigenvalue weighted by atomic mass is 10.2. The van der Waals surface area contributed by atoms with Crippen molar-refractivity contribution in [2.75, 3.05) is 6.54 Å². The van der Waals surface area contributed by atoms with E-state index in [0.29, 0.717) is 16.6 Å². The Balaban J connectivity index is 1.60. The van der Waals surface area contributed by atoms with Crippen LogP contribution in [0.1, 0.15) is 21.6 Å². The molecule has 0 spiro atoms. The lowest BCUT2D eigenvalue weighted by Gasteiger charge is -2.05. The molecule has 1 amide bonds. The minimum absolute atomic E-state index is 0.159. The fourth-order valence-corrected chi connectivity index (χ4v) is 2.13. The lowest BCUT2D eigenvalue weighted by Crippen LogP contribution is -2.27. The van der Waals surface area contributed by atoms with Gasteiger partial charge in [0, 0.05) is 18.5 Å². The van der Waals surface area contributed by atoms with Gasteiger partial charge in [0.1, 0.15) is 5.52 Å².